The second kappa shape index (κ2) is 4.56. The maximum absolute atomic E-state index is 13.7. The highest BCUT2D eigenvalue weighted by Crippen LogP contribution is 2.29. The van der Waals surface area contributed by atoms with E-state index in [4.69, 9.17) is 23.2 Å². The van der Waals surface area contributed by atoms with E-state index in [1.54, 1.807) is 12.1 Å². The van der Waals surface area contributed by atoms with E-state index in [1.165, 1.54) is 6.07 Å². The van der Waals surface area contributed by atoms with E-state index in [9.17, 15) is 4.39 Å². The van der Waals surface area contributed by atoms with Gasteiger partial charge < -0.3 is 0 Å². The number of aryl methyl sites for hydroxylation is 1. The first-order chi connectivity index (χ1) is 7.63. The Morgan fingerprint density at radius 2 is 2.00 bits per heavy atom. The second-order valence-electron chi connectivity index (χ2n) is 3.60. The fourth-order valence-electron chi connectivity index (χ4n) is 1.63. The Morgan fingerprint density at radius 3 is 2.69 bits per heavy atom. The summed E-state index contributed by atoms with van der Waals surface area (Å²) < 4.78 is 13.7. The zero-order valence-corrected chi connectivity index (χ0v) is 10.2. The highest BCUT2D eigenvalue weighted by Gasteiger charge is 2.11. The molecule has 0 aliphatic heterocycles. The third-order valence-electron chi connectivity index (χ3n) is 2.38. The summed E-state index contributed by atoms with van der Waals surface area (Å²) in [5, 5.41) is 1.19. The molecule has 0 spiro atoms. The van der Waals surface area contributed by atoms with Gasteiger partial charge in [-0.15, -0.1) is 0 Å². The minimum absolute atomic E-state index is 0.0738. The number of fused-ring (bicyclic) bond motifs is 1. The summed E-state index contributed by atoms with van der Waals surface area (Å²) >= 11 is 11.8. The number of aromatic nitrogens is 1. The molecule has 0 radical (unpaired) electrons. The molecule has 0 fully saturated rings. The standard InChI is InChI=1S/C12H10Cl2FN/c1-2-3-7-6-10(14)8-4-5-9(13)11(15)12(8)16-7/h4-6H,2-3H2,1H3. The normalized spacial score (nSPS) is 11.0. The predicted octanol–water partition coefficient (Wildman–Crippen LogP) is 4.63. The first kappa shape index (κ1) is 11.6. The van der Waals surface area contributed by atoms with Crippen LogP contribution in [0.25, 0.3) is 10.9 Å². The van der Waals surface area contributed by atoms with Crippen LogP contribution in [0.3, 0.4) is 0 Å². The van der Waals surface area contributed by atoms with E-state index in [-0.39, 0.29) is 10.5 Å². The predicted molar refractivity (Wildman–Crippen MR) is 65.7 cm³/mol. The fraction of sp³-hybridized carbons (Fsp3) is 0.250. The van der Waals surface area contributed by atoms with Crippen molar-refractivity contribution in [2.75, 3.05) is 0 Å². The van der Waals surface area contributed by atoms with Crippen LogP contribution in [-0.2, 0) is 6.42 Å². The monoisotopic (exact) mass is 257 g/mol. The Balaban J connectivity index is 2.73. The maximum atomic E-state index is 13.7. The van der Waals surface area contributed by atoms with Crippen LogP contribution in [0.4, 0.5) is 4.39 Å². The first-order valence-corrected chi connectivity index (χ1v) is 5.82. The molecule has 0 bridgehead atoms. The molecule has 1 aromatic carbocycles. The third kappa shape index (κ3) is 2.00. The van der Waals surface area contributed by atoms with Crippen molar-refractivity contribution in [2.24, 2.45) is 0 Å². The molecule has 1 aromatic heterocycles. The zero-order valence-electron chi connectivity index (χ0n) is 8.73. The topological polar surface area (TPSA) is 12.9 Å². The van der Waals surface area contributed by atoms with Crippen molar-refractivity contribution < 1.29 is 4.39 Å². The van der Waals surface area contributed by atoms with Gasteiger partial charge in [0, 0.05) is 11.1 Å². The average Bonchev–Trinajstić information content (AvgIpc) is 2.25. The summed E-state index contributed by atoms with van der Waals surface area (Å²) in [7, 11) is 0. The molecule has 84 valence electrons. The van der Waals surface area contributed by atoms with Crippen molar-refractivity contribution in [3.05, 3.63) is 39.8 Å². The third-order valence-corrected chi connectivity index (χ3v) is 2.99. The molecular weight excluding hydrogens is 248 g/mol. The number of rotatable bonds is 2. The quantitative estimate of drug-likeness (QED) is 0.765. The van der Waals surface area contributed by atoms with Gasteiger partial charge in [0.05, 0.1) is 10.0 Å². The second-order valence-corrected chi connectivity index (χ2v) is 4.42. The Hall–Kier alpha value is -0.860. The van der Waals surface area contributed by atoms with Crippen LogP contribution in [0.5, 0.6) is 0 Å². The lowest BCUT2D eigenvalue weighted by atomic mass is 10.1. The van der Waals surface area contributed by atoms with Gasteiger partial charge >= 0.3 is 0 Å². The molecule has 0 saturated carbocycles. The summed E-state index contributed by atoms with van der Waals surface area (Å²) in [4.78, 5) is 4.24. The van der Waals surface area contributed by atoms with E-state index in [0.717, 1.165) is 18.5 Å². The van der Waals surface area contributed by atoms with E-state index >= 15 is 0 Å². The van der Waals surface area contributed by atoms with E-state index in [1.807, 2.05) is 6.92 Å². The van der Waals surface area contributed by atoms with Crippen LogP contribution >= 0.6 is 23.2 Å². The summed E-state index contributed by atoms with van der Waals surface area (Å²) in [6.07, 6.45) is 1.72. The molecule has 0 unspecified atom stereocenters. The van der Waals surface area contributed by atoms with Gasteiger partial charge in [-0.2, -0.15) is 0 Å². The zero-order chi connectivity index (χ0) is 11.7. The summed E-state index contributed by atoms with van der Waals surface area (Å²) in [6, 6.07) is 4.96. The Morgan fingerprint density at radius 1 is 1.25 bits per heavy atom. The van der Waals surface area contributed by atoms with E-state index in [2.05, 4.69) is 4.98 Å². The number of benzene rings is 1. The fourth-order valence-corrected chi connectivity index (χ4v) is 2.06. The Kier molecular flexibility index (Phi) is 3.31. The molecule has 0 saturated heterocycles. The summed E-state index contributed by atoms with van der Waals surface area (Å²) in [5.41, 5.74) is 1.05. The van der Waals surface area contributed by atoms with Crippen molar-refractivity contribution >= 4 is 34.1 Å². The molecule has 16 heavy (non-hydrogen) atoms. The molecule has 1 nitrogen and oxygen atoms in total. The number of nitrogens with zero attached hydrogens (tertiary/aromatic N) is 1. The van der Waals surface area contributed by atoms with Crippen LogP contribution in [0.15, 0.2) is 18.2 Å². The molecule has 2 rings (SSSR count). The smallest absolute Gasteiger partial charge is 0.168 e. The number of hydrogen-bond acceptors (Lipinski definition) is 1. The van der Waals surface area contributed by atoms with Gasteiger partial charge in [-0.3, -0.25) is 0 Å². The Bertz CT molecular complexity index is 540. The van der Waals surface area contributed by atoms with Crippen molar-refractivity contribution in [2.45, 2.75) is 19.8 Å². The van der Waals surface area contributed by atoms with Gasteiger partial charge in [0.1, 0.15) is 5.52 Å². The van der Waals surface area contributed by atoms with Gasteiger partial charge in [0.15, 0.2) is 5.82 Å². The molecule has 0 aliphatic carbocycles. The summed E-state index contributed by atoms with van der Waals surface area (Å²) in [5.74, 6) is -0.501. The van der Waals surface area contributed by atoms with Crippen molar-refractivity contribution in [1.82, 2.24) is 4.98 Å². The minimum Gasteiger partial charge on any atom is -0.250 e. The molecular formula is C12H10Cl2FN. The SMILES string of the molecule is CCCc1cc(Cl)c2ccc(Cl)c(F)c2n1. The number of hydrogen-bond donors (Lipinski definition) is 0. The number of pyridine rings is 1. The van der Waals surface area contributed by atoms with Crippen LogP contribution < -0.4 is 0 Å². The van der Waals surface area contributed by atoms with Crippen molar-refractivity contribution in [3.8, 4) is 0 Å². The van der Waals surface area contributed by atoms with Crippen molar-refractivity contribution in [1.29, 1.82) is 0 Å². The van der Waals surface area contributed by atoms with Crippen LogP contribution in [0.1, 0.15) is 19.0 Å². The van der Waals surface area contributed by atoms with Crippen molar-refractivity contribution in [3.63, 3.8) is 0 Å². The molecule has 0 amide bonds. The Labute approximate surface area is 103 Å². The van der Waals surface area contributed by atoms with Gasteiger partial charge in [-0.1, -0.05) is 36.5 Å². The van der Waals surface area contributed by atoms with Gasteiger partial charge in [-0.05, 0) is 24.6 Å². The van der Waals surface area contributed by atoms with Crippen LogP contribution in [0.2, 0.25) is 10.0 Å². The summed E-state index contributed by atoms with van der Waals surface area (Å²) in [6.45, 7) is 2.04. The number of halogens is 3. The van der Waals surface area contributed by atoms with Gasteiger partial charge in [0.25, 0.3) is 0 Å². The lowest BCUT2D eigenvalue weighted by molar-refractivity contribution is 0.636. The highest BCUT2D eigenvalue weighted by molar-refractivity contribution is 6.36. The molecule has 2 aromatic rings. The molecule has 1 heterocycles. The lowest BCUT2D eigenvalue weighted by Crippen LogP contribution is -1.93. The van der Waals surface area contributed by atoms with Crippen LogP contribution in [0, 0.1) is 5.82 Å². The van der Waals surface area contributed by atoms with Gasteiger partial charge in [-0.25, -0.2) is 9.37 Å². The van der Waals surface area contributed by atoms with Crippen LogP contribution in [-0.4, -0.2) is 4.98 Å². The van der Waals surface area contributed by atoms with E-state index in [0.29, 0.717) is 10.4 Å². The minimum atomic E-state index is -0.501. The average molecular weight is 258 g/mol. The lowest BCUT2D eigenvalue weighted by Gasteiger charge is -2.06. The molecule has 0 N–H and O–H groups in total. The largest absolute Gasteiger partial charge is 0.250 e. The van der Waals surface area contributed by atoms with Gasteiger partial charge in [0.2, 0.25) is 0 Å². The maximum Gasteiger partial charge on any atom is 0.168 e. The molecule has 0 aliphatic rings. The van der Waals surface area contributed by atoms with E-state index < -0.39 is 5.82 Å². The first-order valence-electron chi connectivity index (χ1n) is 5.06. The molecule has 4 heteroatoms. The molecule has 0 atom stereocenters. The highest BCUT2D eigenvalue weighted by atomic mass is 35.5.